The molecule has 0 heterocycles. The second kappa shape index (κ2) is 30.5. The molecular formula is C35H67NO10. The highest BCUT2D eigenvalue weighted by Crippen LogP contribution is 2.13. The summed E-state index contributed by atoms with van der Waals surface area (Å²) in [5, 5.41) is 50.9. The van der Waals surface area contributed by atoms with Gasteiger partial charge in [0.1, 0.15) is 24.4 Å². The molecule has 0 saturated heterocycles. The Kier molecular flexibility index (Phi) is 29.3. The Morgan fingerprint density at radius 3 is 1.43 bits per heavy atom. The van der Waals surface area contributed by atoms with Crippen LogP contribution in [0.2, 0.25) is 0 Å². The summed E-state index contributed by atoms with van der Waals surface area (Å²) in [4.78, 5) is 37.8. The monoisotopic (exact) mass is 661 g/mol. The number of hydrogen-bond donors (Lipinski definition) is 6. The molecule has 0 bridgehead atoms. The Morgan fingerprint density at radius 2 is 1.00 bits per heavy atom. The Morgan fingerprint density at radius 1 is 0.587 bits per heavy atom. The summed E-state index contributed by atoms with van der Waals surface area (Å²) in [6.45, 7) is 3.91. The van der Waals surface area contributed by atoms with E-state index in [-0.39, 0.29) is 26.1 Å². The molecule has 0 aromatic carbocycles. The molecule has 11 heteroatoms. The third kappa shape index (κ3) is 23.5. The highest BCUT2D eigenvalue weighted by atomic mass is 16.5. The van der Waals surface area contributed by atoms with Crippen LogP contribution in [-0.4, -0.2) is 93.7 Å². The maximum atomic E-state index is 12.8. The molecule has 6 N–H and O–H groups in total. The lowest BCUT2D eigenvalue weighted by molar-refractivity contribution is -0.155. The van der Waals surface area contributed by atoms with E-state index in [2.05, 4.69) is 19.2 Å². The number of amides is 1. The highest BCUT2D eigenvalue weighted by Gasteiger charge is 2.36. The average Bonchev–Trinajstić information content (AvgIpc) is 3.06. The zero-order chi connectivity index (χ0) is 34.4. The lowest BCUT2D eigenvalue weighted by Crippen LogP contribution is -2.54. The van der Waals surface area contributed by atoms with E-state index in [1.165, 1.54) is 83.5 Å². The molecule has 0 unspecified atom stereocenters. The molecule has 0 aromatic heterocycles. The van der Waals surface area contributed by atoms with Crippen molar-refractivity contribution in [2.24, 2.45) is 0 Å². The van der Waals surface area contributed by atoms with Crippen LogP contribution >= 0.6 is 0 Å². The minimum absolute atomic E-state index is 0.136. The van der Waals surface area contributed by atoms with Crippen LogP contribution in [0.1, 0.15) is 155 Å². The minimum atomic E-state index is -2.21. The molecule has 0 aliphatic rings. The summed E-state index contributed by atoms with van der Waals surface area (Å²) in [6, 6.07) is -1.30. The fourth-order valence-electron chi connectivity index (χ4n) is 5.16. The van der Waals surface area contributed by atoms with Gasteiger partial charge in [-0.25, -0.2) is 4.79 Å². The van der Waals surface area contributed by atoms with Crippen LogP contribution in [0.3, 0.4) is 0 Å². The van der Waals surface area contributed by atoms with Gasteiger partial charge < -0.3 is 40.3 Å². The van der Waals surface area contributed by atoms with Crippen molar-refractivity contribution in [2.45, 2.75) is 186 Å². The van der Waals surface area contributed by atoms with Gasteiger partial charge in [-0.2, -0.15) is 0 Å². The second-order valence-corrected chi connectivity index (χ2v) is 12.5. The van der Waals surface area contributed by atoms with E-state index in [9.17, 15) is 34.8 Å². The van der Waals surface area contributed by atoms with Gasteiger partial charge in [-0.1, -0.05) is 129 Å². The SMILES string of the molecule is CCCCCCCCCCCCOC(=O)CC[C@H](NC(=O)[C@H](O)[C@H](O)[C@H](O)[C@H](O)CO)C(=O)OCCCCCCCCCCCC. The molecule has 0 fully saturated rings. The fraction of sp³-hybridized carbons (Fsp3) is 0.914. The van der Waals surface area contributed by atoms with Gasteiger partial charge in [0.05, 0.1) is 19.8 Å². The van der Waals surface area contributed by atoms with Gasteiger partial charge >= 0.3 is 11.9 Å². The van der Waals surface area contributed by atoms with E-state index in [0.29, 0.717) is 6.42 Å². The van der Waals surface area contributed by atoms with Gasteiger partial charge in [0.2, 0.25) is 0 Å². The van der Waals surface area contributed by atoms with Gasteiger partial charge in [0, 0.05) is 6.42 Å². The molecule has 46 heavy (non-hydrogen) atoms. The van der Waals surface area contributed by atoms with Crippen molar-refractivity contribution in [3.05, 3.63) is 0 Å². The largest absolute Gasteiger partial charge is 0.466 e. The molecule has 0 saturated carbocycles. The summed E-state index contributed by atoms with van der Waals surface area (Å²) in [5.74, 6) is -2.51. The second-order valence-electron chi connectivity index (χ2n) is 12.5. The Balaban J connectivity index is 4.65. The van der Waals surface area contributed by atoms with Crippen LogP contribution in [0.4, 0.5) is 0 Å². The van der Waals surface area contributed by atoms with Crippen LogP contribution in [0.15, 0.2) is 0 Å². The quantitative estimate of drug-likeness (QED) is 0.0440. The van der Waals surface area contributed by atoms with Gasteiger partial charge in [0.15, 0.2) is 6.10 Å². The first-order chi connectivity index (χ1) is 22.2. The molecule has 0 aliphatic heterocycles. The van der Waals surface area contributed by atoms with Crippen molar-refractivity contribution in [1.82, 2.24) is 5.32 Å². The van der Waals surface area contributed by atoms with E-state index in [1.807, 2.05) is 0 Å². The summed E-state index contributed by atoms with van der Waals surface area (Å²) in [5.41, 5.74) is 0. The summed E-state index contributed by atoms with van der Waals surface area (Å²) >= 11 is 0. The number of nitrogens with one attached hydrogen (secondary N) is 1. The smallest absolute Gasteiger partial charge is 0.328 e. The number of carbonyl (C=O) groups is 3. The Hall–Kier alpha value is -1.79. The number of hydrogen-bond acceptors (Lipinski definition) is 10. The molecule has 0 aromatic rings. The number of rotatable bonds is 32. The van der Waals surface area contributed by atoms with Crippen molar-refractivity contribution in [2.75, 3.05) is 19.8 Å². The number of aliphatic hydroxyl groups excluding tert-OH is 5. The number of ether oxygens (including phenoxy) is 2. The predicted octanol–water partition coefficient (Wildman–Crippen LogP) is 4.62. The van der Waals surface area contributed by atoms with E-state index in [0.717, 1.165) is 38.5 Å². The first-order valence-corrected chi connectivity index (χ1v) is 18.1. The van der Waals surface area contributed by atoms with Gasteiger partial charge in [-0.3, -0.25) is 9.59 Å². The standard InChI is InChI=1S/C35H67NO10/c1-3-5-7-9-11-13-15-17-19-21-25-45-30(39)24-23-28(36-34(43)33(42)32(41)31(40)29(38)27-37)35(44)46-26-22-20-18-16-14-12-10-8-6-4-2/h28-29,31-33,37-38,40-42H,3-27H2,1-2H3,(H,36,43)/t28-,29+,31+,32+,33+/m0/s1. The van der Waals surface area contributed by atoms with Crippen molar-refractivity contribution in [1.29, 1.82) is 0 Å². The Labute approximate surface area is 277 Å². The lowest BCUT2D eigenvalue weighted by Gasteiger charge is -2.26. The molecular weight excluding hydrogens is 594 g/mol. The van der Waals surface area contributed by atoms with Crippen LogP contribution in [0, 0.1) is 0 Å². The summed E-state index contributed by atoms with van der Waals surface area (Å²) in [7, 11) is 0. The third-order valence-electron chi connectivity index (χ3n) is 8.26. The normalized spacial score (nSPS) is 14.7. The van der Waals surface area contributed by atoms with Crippen LogP contribution in [-0.2, 0) is 23.9 Å². The van der Waals surface area contributed by atoms with Gasteiger partial charge in [-0.15, -0.1) is 0 Å². The van der Waals surface area contributed by atoms with Gasteiger partial charge in [0.25, 0.3) is 5.91 Å². The first-order valence-electron chi connectivity index (χ1n) is 18.1. The van der Waals surface area contributed by atoms with Gasteiger partial charge in [-0.05, 0) is 19.3 Å². The number of esters is 2. The Bertz CT molecular complexity index is 753. The zero-order valence-corrected chi connectivity index (χ0v) is 28.8. The topological polar surface area (TPSA) is 183 Å². The summed E-state index contributed by atoms with van der Waals surface area (Å²) in [6.07, 6.45) is 14.3. The van der Waals surface area contributed by atoms with E-state index >= 15 is 0 Å². The maximum Gasteiger partial charge on any atom is 0.328 e. The molecule has 0 aliphatic carbocycles. The molecule has 5 atom stereocenters. The number of carbonyl (C=O) groups excluding carboxylic acids is 3. The maximum absolute atomic E-state index is 12.8. The lowest BCUT2D eigenvalue weighted by atomic mass is 10.0. The van der Waals surface area contributed by atoms with Crippen molar-refractivity contribution in [3.8, 4) is 0 Å². The van der Waals surface area contributed by atoms with Crippen LogP contribution in [0.5, 0.6) is 0 Å². The van der Waals surface area contributed by atoms with Crippen molar-refractivity contribution >= 4 is 17.8 Å². The van der Waals surface area contributed by atoms with E-state index in [1.54, 1.807) is 0 Å². The van der Waals surface area contributed by atoms with Crippen molar-refractivity contribution in [3.63, 3.8) is 0 Å². The van der Waals surface area contributed by atoms with Crippen LogP contribution in [0.25, 0.3) is 0 Å². The summed E-state index contributed by atoms with van der Waals surface area (Å²) < 4.78 is 10.7. The van der Waals surface area contributed by atoms with E-state index in [4.69, 9.17) is 14.6 Å². The molecule has 1 amide bonds. The number of unbranched alkanes of at least 4 members (excludes halogenated alkanes) is 18. The fourth-order valence-corrected chi connectivity index (χ4v) is 5.16. The first kappa shape index (κ1) is 44.2. The highest BCUT2D eigenvalue weighted by molar-refractivity contribution is 5.87. The van der Waals surface area contributed by atoms with E-state index < -0.39 is 54.9 Å². The van der Waals surface area contributed by atoms with Crippen LogP contribution < -0.4 is 5.32 Å². The third-order valence-corrected chi connectivity index (χ3v) is 8.26. The average molecular weight is 662 g/mol. The zero-order valence-electron chi connectivity index (χ0n) is 28.8. The molecule has 0 spiro atoms. The van der Waals surface area contributed by atoms with Crippen molar-refractivity contribution < 1.29 is 49.4 Å². The molecule has 272 valence electrons. The molecule has 11 nitrogen and oxygen atoms in total. The number of aliphatic hydroxyl groups is 5. The minimum Gasteiger partial charge on any atom is -0.466 e. The molecule has 0 radical (unpaired) electrons. The predicted molar refractivity (Wildman–Crippen MR) is 178 cm³/mol. The molecule has 0 rings (SSSR count).